The summed E-state index contributed by atoms with van der Waals surface area (Å²) < 4.78 is 11.1. The number of pyridine rings is 2. The van der Waals surface area contributed by atoms with Crippen LogP contribution in [0.15, 0.2) is 24.4 Å². The maximum absolute atomic E-state index is 10.0. The van der Waals surface area contributed by atoms with E-state index >= 15 is 0 Å². The molecule has 2 aromatic rings. The molecule has 2 aromatic heterocycles. The molecular weight excluding hydrogens is 330 g/mol. The van der Waals surface area contributed by atoms with Gasteiger partial charge >= 0.3 is 0 Å². The fourth-order valence-corrected chi connectivity index (χ4v) is 3.83. The number of rotatable bonds is 4. The highest BCUT2D eigenvalue weighted by atomic mass is 16.5. The minimum atomic E-state index is -0.345. The summed E-state index contributed by atoms with van der Waals surface area (Å²) in [6.45, 7) is 3.92. The molecule has 1 saturated heterocycles. The second kappa shape index (κ2) is 7.11. The molecule has 0 radical (unpaired) electrons. The van der Waals surface area contributed by atoms with E-state index in [2.05, 4.69) is 22.9 Å². The van der Waals surface area contributed by atoms with Gasteiger partial charge in [0.1, 0.15) is 17.7 Å². The fourth-order valence-electron chi connectivity index (χ4n) is 3.83. The monoisotopic (exact) mass is 355 g/mol. The van der Waals surface area contributed by atoms with Crippen LogP contribution in [0.2, 0.25) is 0 Å². The lowest BCUT2D eigenvalue weighted by molar-refractivity contribution is 0.169. The van der Waals surface area contributed by atoms with Gasteiger partial charge in [0.25, 0.3) is 0 Å². The highest BCUT2D eigenvalue weighted by Crippen LogP contribution is 2.34. The Morgan fingerprint density at radius 1 is 1.19 bits per heavy atom. The van der Waals surface area contributed by atoms with Crippen molar-refractivity contribution in [3.63, 3.8) is 0 Å². The molecule has 1 aliphatic carbocycles. The van der Waals surface area contributed by atoms with Crippen LogP contribution in [0.4, 0.5) is 5.82 Å². The number of aliphatic hydroxyl groups is 1. The van der Waals surface area contributed by atoms with Gasteiger partial charge in [-0.15, -0.1) is 0 Å². The summed E-state index contributed by atoms with van der Waals surface area (Å²) >= 11 is 0. The number of aryl methyl sites for hydroxylation is 2. The Balaban J connectivity index is 1.39. The first-order chi connectivity index (χ1) is 12.6. The summed E-state index contributed by atoms with van der Waals surface area (Å²) in [6.07, 6.45) is 5.12. The third kappa shape index (κ3) is 3.33. The van der Waals surface area contributed by atoms with Gasteiger partial charge in [0.2, 0.25) is 5.88 Å². The number of nitrogens with zero attached hydrogens (tertiary/aromatic N) is 3. The number of fused-ring (bicyclic) bond motifs is 1. The van der Waals surface area contributed by atoms with Crippen molar-refractivity contribution in [2.75, 3.05) is 25.1 Å². The van der Waals surface area contributed by atoms with Crippen molar-refractivity contribution in [1.82, 2.24) is 9.97 Å². The Morgan fingerprint density at radius 3 is 2.69 bits per heavy atom. The molecule has 0 spiro atoms. The molecule has 1 atom stereocenters. The molecule has 26 heavy (non-hydrogen) atoms. The molecule has 0 bridgehead atoms. The predicted octanol–water partition coefficient (Wildman–Crippen LogP) is 2.82. The van der Waals surface area contributed by atoms with Gasteiger partial charge in [-0.05, 0) is 37.5 Å². The molecule has 0 unspecified atom stereocenters. The zero-order valence-corrected chi connectivity index (χ0v) is 15.3. The molecule has 3 heterocycles. The minimum Gasteiger partial charge on any atom is -0.489 e. The zero-order valence-electron chi connectivity index (χ0n) is 15.3. The average molecular weight is 355 g/mol. The summed E-state index contributed by atoms with van der Waals surface area (Å²) in [5.41, 5.74) is 3.21. The van der Waals surface area contributed by atoms with Crippen LogP contribution in [0.1, 0.15) is 42.2 Å². The second-order valence-corrected chi connectivity index (χ2v) is 7.06. The summed E-state index contributed by atoms with van der Waals surface area (Å²) in [5.74, 6) is 2.43. The van der Waals surface area contributed by atoms with Crippen molar-refractivity contribution in [3.8, 4) is 11.6 Å². The summed E-state index contributed by atoms with van der Waals surface area (Å²) in [5, 5.41) is 10.0. The van der Waals surface area contributed by atoms with Crippen LogP contribution in [0, 0.1) is 6.92 Å². The largest absolute Gasteiger partial charge is 0.489 e. The normalized spacial score (nSPS) is 20.1. The van der Waals surface area contributed by atoms with Crippen LogP contribution in [-0.4, -0.2) is 41.4 Å². The number of methoxy groups -OCH3 is 1. The topological polar surface area (TPSA) is 67.7 Å². The summed E-state index contributed by atoms with van der Waals surface area (Å²) in [7, 11) is 1.61. The number of aliphatic hydroxyl groups excluding tert-OH is 1. The Morgan fingerprint density at radius 2 is 2.00 bits per heavy atom. The predicted molar refractivity (Wildman–Crippen MR) is 98.9 cm³/mol. The van der Waals surface area contributed by atoms with Crippen molar-refractivity contribution in [1.29, 1.82) is 0 Å². The van der Waals surface area contributed by atoms with E-state index in [0.29, 0.717) is 5.88 Å². The van der Waals surface area contributed by atoms with E-state index in [-0.39, 0.29) is 12.2 Å². The van der Waals surface area contributed by atoms with Crippen LogP contribution in [0.3, 0.4) is 0 Å². The van der Waals surface area contributed by atoms with E-state index in [1.165, 1.54) is 0 Å². The molecular formula is C20H25N3O3. The van der Waals surface area contributed by atoms with Crippen LogP contribution >= 0.6 is 0 Å². The first-order valence-electron chi connectivity index (χ1n) is 9.24. The van der Waals surface area contributed by atoms with Crippen LogP contribution < -0.4 is 14.4 Å². The summed E-state index contributed by atoms with van der Waals surface area (Å²) in [6, 6.07) is 5.83. The molecule has 0 amide bonds. The molecule has 1 aliphatic heterocycles. The second-order valence-electron chi connectivity index (χ2n) is 7.06. The van der Waals surface area contributed by atoms with Crippen molar-refractivity contribution < 1.29 is 14.6 Å². The smallest absolute Gasteiger partial charge is 0.213 e. The van der Waals surface area contributed by atoms with E-state index in [9.17, 15) is 5.11 Å². The van der Waals surface area contributed by atoms with Crippen molar-refractivity contribution in [2.24, 2.45) is 0 Å². The molecule has 1 N–H and O–H groups in total. The highest BCUT2D eigenvalue weighted by Gasteiger charge is 2.27. The molecule has 0 saturated carbocycles. The van der Waals surface area contributed by atoms with Crippen molar-refractivity contribution in [3.05, 3.63) is 41.2 Å². The minimum absolute atomic E-state index is 0.193. The first kappa shape index (κ1) is 17.1. The van der Waals surface area contributed by atoms with Crippen molar-refractivity contribution in [2.45, 2.75) is 44.8 Å². The standard InChI is InChI=1S/C20H25N3O3/c1-13-11-16-17(4-5-18(16)24)22-20(13)23-9-7-14(8-10-23)26-15-3-6-19(25-2)21-12-15/h3,6,11-12,14,18,24H,4-5,7-10H2,1-2H3/t18-/m0/s1. The molecule has 1 fully saturated rings. The van der Waals surface area contributed by atoms with E-state index < -0.39 is 0 Å². The van der Waals surface area contributed by atoms with E-state index in [1.807, 2.05) is 12.1 Å². The fraction of sp³-hybridized carbons (Fsp3) is 0.500. The quantitative estimate of drug-likeness (QED) is 0.910. The number of anilines is 1. The van der Waals surface area contributed by atoms with Gasteiger partial charge in [-0.25, -0.2) is 9.97 Å². The highest BCUT2D eigenvalue weighted by molar-refractivity contribution is 5.51. The summed E-state index contributed by atoms with van der Waals surface area (Å²) in [4.78, 5) is 11.4. The Labute approximate surface area is 153 Å². The third-order valence-corrected chi connectivity index (χ3v) is 5.27. The molecule has 6 heteroatoms. The van der Waals surface area contributed by atoms with Crippen LogP contribution in [-0.2, 0) is 6.42 Å². The van der Waals surface area contributed by atoms with Gasteiger partial charge < -0.3 is 19.5 Å². The molecule has 6 nitrogen and oxygen atoms in total. The van der Waals surface area contributed by atoms with Crippen LogP contribution in [0.25, 0.3) is 0 Å². The maximum atomic E-state index is 10.0. The number of piperidine rings is 1. The number of hydrogen-bond acceptors (Lipinski definition) is 6. The van der Waals surface area contributed by atoms with Gasteiger partial charge in [0.05, 0.1) is 19.4 Å². The molecule has 2 aliphatic rings. The Bertz CT molecular complexity index is 771. The van der Waals surface area contributed by atoms with E-state index in [1.54, 1.807) is 13.3 Å². The van der Waals surface area contributed by atoms with Gasteiger partial charge in [-0.2, -0.15) is 0 Å². The lowest BCUT2D eigenvalue weighted by atomic mass is 10.1. The zero-order chi connectivity index (χ0) is 18.1. The maximum Gasteiger partial charge on any atom is 0.213 e. The van der Waals surface area contributed by atoms with E-state index in [0.717, 1.165) is 67.2 Å². The van der Waals surface area contributed by atoms with Crippen molar-refractivity contribution >= 4 is 5.82 Å². The number of aromatic nitrogens is 2. The van der Waals surface area contributed by atoms with Gasteiger partial charge in [0.15, 0.2) is 0 Å². The number of hydrogen-bond donors (Lipinski definition) is 1. The lowest BCUT2D eigenvalue weighted by Crippen LogP contribution is -2.39. The lowest BCUT2D eigenvalue weighted by Gasteiger charge is -2.34. The molecule has 0 aromatic carbocycles. The Kier molecular flexibility index (Phi) is 4.68. The third-order valence-electron chi connectivity index (χ3n) is 5.27. The number of ether oxygens (including phenoxy) is 2. The van der Waals surface area contributed by atoms with E-state index in [4.69, 9.17) is 14.5 Å². The molecule has 4 rings (SSSR count). The van der Waals surface area contributed by atoms with Crippen LogP contribution in [0.5, 0.6) is 11.6 Å². The Hall–Kier alpha value is -2.34. The average Bonchev–Trinajstić information content (AvgIpc) is 3.02. The van der Waals surface area contributed by atoms with Gasteiger partial charge in [0, 0.05) is 43.3 Å². The van der Waals surface area contributed by atoms with Gasteiger partial charge in [-0.1, -0.05) is 0 Å². The molecule has 138 valence electrons. The SMILES string of the molecule is COc1ccc(OC2CCN(c3nc4c(cc3C)[C@@H](O)CC4)CC2)cn1. The van der Waals surface area contributed by atoms with Gasteiger partial charge in [-0.3, -0.25) is 0 Å². The first-order valence-corrected chi connectivity index (χ1v) is 9.24.